The molecule has 0 bridgehead atoms. The van der Waals surface area contributed by atoms with E-state index in [0.29, 0.717) is 75.4 Å². The Morgan fingerprint density at radius 3 is 2.27 bits per heavy atom. The van der Waals surface area contributed by atoms with Gasteiger partial charge < -0.3 is 44.4 Å². The minimum Gasteiger partial charge on any atom is -0.465 e. The van der Waals surface area contributed by atoms with Gasteiger partial charge in [0, 0.05) is 69.1 Å². The average Bonchev–Trinajstić information content (AvgIpc) is 3.76. The number of likely N-dealkylation sites (tertiary alicyclic amines) is 2. The molecule has 7 atom stereocenters. The molecule has 62 heavy (non-hydrogen) atoms. The van der Waals surface area contributed by atoms with Gasteiger partial charge in [-0.15, -0.1) is 0 Å². The third kappa shape index (κ3) is 8.23. The number of fused-ring (bicyclic) bond motifs is 2. The smallest absolute Gasteiger partial charge is 0.407 e. The third-order valence-electron chi connectivity index (χ3n) is 13.7. The molecular weight excluding hydrogens is 793 g/mol. The zero-order valence-electron chi connectivity index (χ0n) is 35.3. The molecule has 5 aliphatic rings. The number of alkyl carbamates (subject to hydrolysis) is 1. The molecule has 4 saturated heterocycles. The first-order valence-electron chi connectivity index (χ1n) is 21.8. The molecule has 4 aliphatic heterocycles. The molecule has 2 aromatic heterocycles. The normalized spacial score (nSPS) is 24.8. The fourth-order valence-corrected chi connectivity index (χ4v) is 10.3. The fraction of sp³-hybridized carbons (Fsp3) is 0.522. The number of H-pyrrole nitrogens is 2. The maximum Gasteiger partial charge on any atom is 0.407 e. The van der Waals surface area contributed by atoms with Gasteiger partial charge in [0.2, 0.25) is 11.8 Å². The Kier molecular flexibility index (Phi) is 11.7. The second-order valence-electron chi connectivity index (χ2n) is 17.5. The lowest BCUT2D eigenvalue weighted by molar-refractivity contribution is -0.142. The van der Waals surface area contributed by atoms with Crippen molar-refractivity contribution in [3.8, 4) is 23.1 Å². The van der Waals surface area contributed by atoms with E-state index in [2.05, 4.69) is 33.2 Å². The lowest BCUT2D eigenvalue weighted by Gasteiger charge is -2.39. The van der Waals surface area contributed by atoms with Crippen molar-refractivity contribution in [2.45, 2.75) is 94.5 Å². The van der Waals surface area contributed by atoms with Crippen LogP contribution in [0.5, 0.6) is 0 Å². The number of carboxylic acid groups (broad SMARTS) is 1. The van der Waals surface area contributed by atoms with Crippen LogP contribution in [0.25, 0.3) is 22.0 Å². The zero-order valence-corrected chi connectivity index (χ0v) is 35.3. The van der Waals surface area contributed by atoms with Crippen LogP contribution in [0.2, 0.25) is 0 Å². The van der Waals surface area contributed by atoms with Gasteiger partial charge in [-0.3, -0.25) is 14.5 Å². The molecule has 6 heterocycles. The summed E-state index contributed by atoms with van der Waals surface area (Å²) in [4.78, 5) is 74.3. The van der Waals surface area contributed by atoms with Gasteiger partial charge in [0.05, 0.1) is 24.9 Å². The molecule has 4 N–H and O–H groups in total. The maximum atomic E-state index is 14.3. The maximum absolute atomic E-state index is 14.3. The molecule has 1 saturated carbocycles. The molecule has 0 unspecified atom stereocenters. The van der Waals surface area contributed by atoms with Crippen LogP contribution in [0, 0.1) is 29.6 Å². The highest BCUT2D eigenvalue weighted by Gasteiger charge is 2.56. The second-order valence-corrected chi connectivity index (χ2v) is 17.5. The number of amides is 4. The number of likely N-dealkylation sites (N-methyl/N-ethyl adjacent to an activating group) is 1. The number of aromatic nitrogens is 4. The summed E-state index contributed by atoms with van der Waals surface area (Å²) in [5.41, 5.74) is 3.09. The predicted octanol–water partition coefficient (Wildman–Crippen LogP) is 5.62. The monoisotopic (exact) mass is 846 g/mol. The Morgan fingerprint density at radius 1 is 0.839 bits per heavy atom. The van der Waals surface area contributed by atoms with Gasteiger partial charge >= 0.3 is 12.2 Å². The molecule has 0 spiro atoms. The van der Waals surface area contributed by atoms with Gasteiger partial charge in [-0.1, -0.05) is 24.1 Å². The first kappa shape index (κ1) is 41.4. The fourth-order valence-electron chi connectivity index (χ4n) is 10.3. The van der Waals surface area contributed by atoms with Crippen LogP contribution >= 0.6 is 0 Å². The van der Waals surface area contributed by atoms with Crippen molar-refractivity contribution in [1.29, 1.82) is 0 Å². The highest BCUT2D eigenvalue weighted by molar-refractivity contribution is 5.89. The Balaban J connectivity index is 0.882. The van der Waals surface area contributed by atoms with Crippen LogP contribution in [0.15, 0.2) is 48.8 Å². The lowest BCUT2D eigenvalue weighted by atomic mass is 9.89. The number of nitrogens with one attached hydrogen (secondary N) is 3. The van der Waals surface area contributed by atoms with E-state index < -0.39 is 24.3 Å². The summed E-state index contributed by atoms with van der Waals surface area (Å²) in [5.74, 6) is 7.83. The van der Waals surface area contributed by atoms with Gasteiger partial charge in [-0.25, -0.2) is 19.6 Å². The van der Waals surface area contributed by atoms with Crippen LogP contribution in [0.1, 0.15) is 93.3 Å². The number of carbonyl (C=O) groups is 4. The van der Waals surface area contributed by atoms with Crippen LogP contribution in [0.4, 0.5) is 9.59 Å². The van der Waals surface area contributed by atoms with Crippen molar-refractivity contribution in [1.82, 2.24) is 40.0 Å². The number of benzene rings is 2. The third-order valence-corrected chi connectivity index (χ3v) is 13.7. The molecule has 326 valence electrons. The number of imidazole rings is 2. The van der Waals surface area contributed by atoms with E-state index in [1.165, 1.54) is 19.1 Å². The number of hydrogen-bond donors (Lipinski definition) is 4. The molecule has 16 heteroatoms. The molecule has 1 aliphatic carbocycles. The standard InChI is InChI=1S/C46H54N8O8/c1-26-4-11-36(53(26)44(56)40(52(2)46(58)59)29-14-18-62-19-15-29)41-48-25-35(50-41)32-9-8-30-20-27(5-7-31(30)21-32)6-10-34-24-47-42(49-34)38-23-33-22-37(33)54(38)43(55)39(51-45(57)60-3)28-12-16-61-17-13-28/h5,7-9,20-21,24-26,28-29,33,36-40H,4,11-19,22-23H2,1-3H3,(H,47,49)(H,48,50)(H,51,57)(H,58,59)/t26-,33+,36-,37+,38-,39-,40-/m0/s1. The van der Waals surface area contributed by atoms with E-state index in [0.717, 1.165) is 53.3 Å². The van der Waals surface area contributed by atoms with Gasteiger partial charge in [-0.05, 0) is 111 Å². The summed E-state index contributed by atoms with van der Waals surface area (Å²) in [6.07, 6.45) is 7.85. The minimum absolute atomic E-state index is 0.0354. The Morgan fingerprint density at radius 2 is 1.53 bits per heavy atom. The topological polar surface area (TPSA) is 195 Å². The van der Waals surface area contributed by atoms with Gasteiger partial charge in [0.15, 0.2) is 0 Å². The van der Waals surface area contributed by atoms with Crippen LogP contribution < -0.4 is 5.32 Å². The summed E-state index contributed by atoms with van der Waals surface area (Å²) in [5, 5.41) is 14.8. The average molecular weight is 847 g/mol. The van der Waals surface area contributed by atoms with E-state index in [4.69, 9.17) is 24.2 Å². The number of carbonyl (C=O) groups excluding carboxylic acids is 3. The van der Waals surface area contributed by atoms with Crippen molar-refractivity contribution in [3.05, 3.63) is 71.7 Å². The molecule has 9 rings (SSSR count). The van der Waals surface area contributed by atoms with Crippen molar-refractivity contribution in [3.63, 3.8) is 0 Å². The highest BCUT2D eigenvalue weighted by atomic mass is 16.5. The van der Waals surface area contributed by atoms with Gasteiger partial charge in [0.25, 0.3) is 0 Å². The number of methoxy groups -OCH3 is 1. The van der Waals surface area contributed by atoms with Crippen LogP contribution in [-0.2, 0) is 23.8 Å². The minimum atomic E-state index is -1.12. The lowest BCUT2D eigenvalue weighted by Crippen LogP contribution is -2.54. The van der Waals surface area contributed by atoms with E-state index in [-0.39, 0.29) is 47.8 Å². The van der Waals surface area contributed by atoms with Crippen molar-refractivity contribution >= 4 is 34.8 Å². The molecular formula is C46H54N8O8. The SMILES string of the molecule is COC(=O)N[C@H](C(=O)N1[C@@H]2C[C@@H]2C[C@H]1c1nc(C#Cc2ccc3cc(-c4c[nH]c([C@@H]5CC[C@H](C)N5C(=O)[C@H](C5CCOCC5)N(C)C(=O)O)n4)ccc3c2)c[nH]1)C1CCOCC1. The van der Waals surface area contributed by atoms with Gasteiger partial charge in [0.1, 0.15) is 29.4 Å². The summed E-state index contributed by atoms with van der Waals surface area (Å²) >= 11 is 0. The quantitative estimate of drug-likeness (QED) is 0.154. The second kappa shape index (κ2) is 17.5. The van der Waals surface area contributed by atoms with Crippen molar-refractivity contribution in [2.75, 3.05) is 40.6 Å². The molecule has 2 aromatic carbocycles. The molecule has 5 fully saturated rings. The number of nitrogens with zero attached hydrogens (tertiary/aromatic N) is 5. The predicted molar refractivity (Wildman–Crippen MR) is 226 cm³/mol. The number of hydrogen-bond acceptors (Lipinski definition) is 9. The van der Waals surface area contributed by atoms with Crippen LogP contribution in [-0.4, -0.2) is 128 Å². The zero-order chi connectivity index (χ0) is 43.1. The van der Waals surface area contributed by atoms with E-state index in [1.807, 2.05) is 53.3 Å². The Hall–Kier alpha value is -5.92. The van der Waals surface area contributed by atoms with E-state index in [9.17, 15) is 24.3 Å². The van der Waals surface area contributed by atoms with Crippen LogP contribution in [0.3, 0.4) is 0 Å². The number of piperidine rings is 1. The summed E-state index contributed by atoms with van der Waals surface area (Å²) in [6, 6.07) is 10.3. The summed E-state index contributed by atoms with van der Waals surface area (Å²) in [7, 11) is 2.80. The Labute approximate surface area is 360 Å². The van der Waals surface area contributed by atoms with Crippen molar-refractivity contribution < 1.29 is 38.5 Å². The Bertz CT molecular complexity index is 2390. The van der Waals surface area contributed by atoms with E-state index >= 15 is 0 Å². The first-order chi connectivity index (χ1) is 30.1. The molecule has 4 aromatic rings. The first-order valence-corrected chi connectivity index (χ1v) is 21.8. The van der Waals surface area contributed by atoms with Crippen molar-refractivity contribution in [2.24, 2.45) is 17.8 Å². The number of ether oxygens (including phenoxy) is 3. The molecule has 16 nitrogen and oxygen atoms in total. The largest absolute Gasteiger partial charge is 0.465 e. The number of rotatable bonds is 9. The molecule has 0 radical (unpaired) electrons. The number of aromatic amines is 2. The highest BCUT2D eigenvalue weighted by Crippen LogP contribution is 2.53. The summed E-state index contributed by atoms with van der Waals surface area (Å²) in [6.45, 7) is 4.15. The van der Waals surface area contributed by atoms with E-state index in [1.54, 1.807) is 6.20 Å². The summed E-state index contributed by atoms with van der Waals surface area (Å²) < 4.78 is 16.0. The van der Waals surface area contributed by atoms with Gasteiger partial charge in [-0.2, -0.15) is 0 Å². The molecule has 4 amide bonds.